The van der Waals surface area contributed by atoms with Gasteiger partial charge in [-0.1, -0.05) is 23.2 Å². The quantitative estimate of drug-likeness (QED) is 0.765. The zero-order valence-electron chi connectivity index (χ0n) is 15.3. The van der Waals surface area contributed by atoms with Crippen molar-refractivity contribution in [1.29, 1.82) is 0 Å². The lowest BCUT2D eigenvalue weighted by Gasteiger charge is -2.29. The van der Waals surface area contributed by atoms with Gasteiger partial charge in [0.15, 0.2) is 6.61 Å². The largest absolute Gasteiger partial charge is 0.482 e. The molecule has 0 aromatic heterocycles. The van der Waals surface area contributed by atoms with Gasteiger partial charge in [0.05, 0.1) is 5.02 Å². The van der Waals surface area contributed by atoms with Crippen LogP contribution < -0.4 is 15.0 Å². The van der Waals surface area contributed by atoms with Gasteiger partial charge in [0, 0.05) is 30.1 Å². The minimum Gasteiger partial charge on any atom is -0.482 e. The summed E-state index contributed by atoms with van der Waals surface area (Å²) in [6.07, 6.45) is 1.70. The van der Waals surface area contributed by atoms with E-state index < -0.39 is 0 Å². The molecule has 2 amide bonds. The van der Waals surface area contributed by atoms with Crippen molar-refractivity contribution in [2.45, 2.75) is 12.8 Å². The molecule has 148 valence electrons. The maximum Gasteiger partial charge on any atom is 0.262 e. The second kappa shape index (κ2) is 9.28. The van der Waals surface area contributed by atoms with Crippen LogP contribution in [0.4, 0.5) is 11.4 Å². The summed E-state index contributed by atoms with van der Waals surface area (Å²) < 4.78 is 10.4. The van der Waals surface area contributed by atoms with Crippen LogP contribution in [0.15, 0.2) is 36.4 Å². The molecule has 0 radical (unpaired) electrons. The predicted octanol–water partition coefficient (Wildman–Crippen LogP) is 3.94. The molecule has 2 aromatic carbocycles. The zero-order valence-corrected chi connectivity index (χ0v) is 16.8. The van der Waals surface area contributed by atoms with E-state index in [1.54, 1.807) is 29.2 Å². The molecule has 6 nitrogen and oxygen atoms in total. The summed E-state index contributed by atoms with van der Waals surface area (Å²) in [6, 6.07) is 10.3. The van der Waals surface area contributed by atoms with Crippen LogP contribution >= 0.6 is 23.2 Å². The Hall–Kier alpha value is -2.28. The first kappa shape index (κ1) is 20.5. The lowest BCUT2D eigenvalue weighted by molar-refractivity contribution is -0.122. The van der Waals surface area contributed by atoms with Gasteiger partial charge in [-0.2, -0.15) is 0 Å². The molecule has 28 heavy (non-hydrogen) atoms. The molecule has 2 aromatic rings. The molecule has 0 atom stereocenters. The van der Waals surface area contributed by atoms with Crippen LogP contribution in [0.25, 0.3) is 0 Å². The summed E-state index contributed by atoms with van der Waals surface area (Å²) in [7, 11) is 1.50. The Kier molecular flexibility index (Phi) is 6.78. The highest BCUT2D eigenvalue weighted by Gasteiger charge is 2.22. The molecule has 1 aliphatic rings. The van der Waals surface area contributed by atoms with Gasteiger partial charge in [-0.05, 0) is 54.8 Å². The minimum absolute atomic E-state index is 0.0442. The molecule has 0 unspecified atom stereocenters. The normalized spacial score (nSPS) is 13.0. The van der Waals surface area contributed by atoms with Gasteiger partial charge in [-0.15, -0.1) is 0 Å². The Morgan fingerprint density at radius 3 is 2.71 bits per heavy atom. The van der Waals surface area contributed by atoms with E-state index in [1.807, 2.05) is 12.1 Å². The number of rotatable bonds is 6. The fourth-order valence-corrected chi connectivity index (χ4v) is 3.53. The maximum atomic E-state index is 12.2. The van der Waals surface area contributed by atoms with E-state index in [9.17, 15) is 9.59 Å². The molecule has 0 fully saturated rings. The summed E-state index contributed by atoms with van der Waals surface area (Å²) in [5.74, 6) is 0.00141. The third-order valence-electron chi connectivity index (χ3n) is 4.30. The van der Waals surface area contributed by atoms with E-state index in [1.165, 1.54) is 7.11 Å². The summed E-state index contributed by atoms with van der Waals surface area (Å²) in [4.78, 5) is 26.1. The number of methoxy groups -OCH3 is 1. The van der Waals surface area contributed by atoms with Gasteiger partial charge in [0.25, 0.3) is 11.8 Å². The van der Waals surface area contributed by atoms with Gasteiger partial charge < -0.3 is 19.7 Å². The fourth-order valence-electron chi connectivity index (χ4n) is 3.07. The first-order valence-corrected chi connectivity index (χ1v) is 9.53. The average Bonchev–Trinajstić information content (AvgIpc) is 2.67. The number of aryl methyl sites for hydroxylation is 1. The molecule has 0 saturated carbocycles. The summed E-state index contributed by atoms with van der Waals surface area (Å²) in [5.41, 5.74) is 2.52. The highest BCUT2D eigenvalue weighted by molar-refractivity contribution is 6.35. The molecule has 1 N–H and O–H groups in total. The smallest absolute Gasteiger partial charge is 0.262 e. The van der Waals surface area contributed by atoms with E-state index in [2.05, 4.69) is 5.32 Å². The van der Waals surface area contributed by atoms with Crippen LogP contribution in [0.2, 0.25) is 10.0 Å². The number of amides is 2. The predicted molar refractivity (Wildman–Crippen MR) is 110 cm³/mol. The van der Waals surface area contributed by atoms with Gasteiger partial charge in [-0.3, -0.25) is 9.59 Å². The lowest BCUT2D eigenvalue weighted by atomic mass is 10.0. The van der Waals surface area contributed by atoms with E-state index in [0.717, 1.165) is 24.1 Å². The third kappa shape index (κ3) is 4.95. The van der Waals surface area contributed by atoms with Crippen LogP contribution in [0, 0.1) is 0 Å². The van der Waals surface area contributed by atoms with Crippen molar-refractivity contribution in [2.75, 3.05) is 37.1 Å². The first-order valence-electron chi connectivity index (χ1n) is 8.78. The Balaban J connectivity index is 1.63. The molecular formula is C20H20Cl2N2O4. The molecule has 1 aliphatic heterocycles. The number of hydrogen-bond acceptors (Lipinski definition) is 4. The second-order valence-electron chi connectivity index (χ2n) is 6.34. The summed E-state index contributed by atoms with van der Waals surface area (Å²) in [5, 5.41) is 3.64. The topological polar surface area (TPSA) is 67.9 Å². The Morgan fingerprint density at radius 1 is 1.14 bits per heavy atom. The molecule has 0 bridgehead atoms. The summed E-state index contributed by atoms with van der Waals surface area (Å²) >= 11 is 11.9. The SMILES string of the molecule is COCC(=O)N1CCCc2cc(NC(=O)COc3ccc(Cl)cc3Cl)ccc21. The second-order valence-corrected chi connectivity index (χ2v) is 7.18. The Labute approximate surface area is 173 Å². The lowest BCUT2D eigenvalue weighted by Crippen LogP contribution is -2.37. The van der Waals surface area contributed by atoms with Crippen LogP contribution in [-0.4, -0.2) is 38.7 Å². The highest BCUT2D eigenvalue weighted by atomic mass is 35.5. The van der Waals surface area contributed by atoms with E-state index in [4.69, 9.17) is 32.7 Å². The number of carbonyl (C=O) groups is 2. The number of hydrogen-bond donors (Lipinski definition) is 1. The van der Waals surface area contributed by atoms with Crippen molar-refractivity contribution in [3.05, 3.63) is 52.0 Å². The highest BCUT2D eigenvalue weighted by Crippen LogP contribution is 2.30. The van der Waals surface area contributed by atoms with Crippen LogP contribution in [0.5, 0.6) is 5.75 Å². The monoisotopic (exact) mass is 422 g/mol. The third-order valence-corrected chi connectivity index (χ3v) is 4.83. The van der Waals surface area contributed by atoms with Gasteiger partial charge in [0.1, 0.15) is 12.4 Å². The first-order chi connectivity index (χ1) is 13.5. The van der Waals surface area contributed by atoms with Crippen molar-refractivity contribution >= 4 is 46.4 Å². The molecule has 0 spiro atoms. The van der Waals surface area contributed by atoms with Crippen molar-refractivity contribution in [1.82, 2.24) is 0 Å². The van der Waals surface area contributed by atoms with E-state index in [0.29, 0.717) is 28.0 Å². The number of nitrogens with zero attached hydrogens (tertiary/aromatic N) is 1. The van der Waals surface area contributed by atoms with Crippen molar-refractivity contribution < 1.29 is 19.1 Å². The molecule has 1 heterocycles. The van der Waals surface area contributed by atoms with Crippen LogP contribution in [0.1, 0.15) is 12.0 Å². The molecule has 8 heteroatoms. The number of anilines is 2. The van der Waals surface area contributed by atoms with Gasteiger partial charge in [-0.25, -0.2) is 0 Å². The Morgan fingerprint density at radius 2 is 1.96 bits per heavy atom. The summed E-state index contributed by atoms with van der Waals surface area (Å²) in [6.45, 7) is 0.524. The standard InChI is InChI=1S/C20H20Cl2N2O4/c1-27-12-20(26)24-8-2-3-13-9-15(5-6-17(13)24)23-19(25)11-28-18-7-4-14(21)10-16(18)22/h4-7,9-10H,2-3,8,11-12H2,1H3,(H,23,25). The van der Waals surface area contributed by atoms with Crippen molar-refractivity contribution in [3.63, 3.8) is 0 Å². The molecular weight excluding hydrogens is 403 g/mol. The average molecular weight is 423 g/mol. The number of carbonyl (C=O) groups excluding carboxylic acids is 2. The zero-order chi connectivity index (χ0) is 20.1. The Bertz CT molecular complexity index is 889. The van der Waals surface area contributed by atoms with Gasteiger partial charge >= 0.3 is 0 Å². The number of halogens is 2. The minimum atomic E-state index is -0.311. The number of benzene rings is 2. The number of nitrogens with one attached hydrogen (secondary N) is 1. The van der Waals surface area contributed by atoms with Crippen molar-refractivity contribution in [3.8, 4) is 5.75 Å². The molecule has 3 rings (SSSR count). The molecule has 0 aliphatic carbocycles. The van der Waals surface area contributed by atoms with E-state index in [-0.39, 0.29) is 25.0 Å². The van der Waals surface area contributed by atoms with Crippen LogP contribution in [-0.2, 0) is 20.7 Å². The van der Waals surface area contributed by atoms with Crippen LogP contribution in [0.3, 0.4) is 0 Å². The number of ether oxygens (including phenoxy) is 2. The number of fused-ring (bicyclic) bond motifs is 1. The van der Waals surface area contributed by atoms with Crippen molar-refractivity contribution in [2.24, 2.45) is 0 Å². The van der Waals surface area contributed by atoms with Gasteiger partial charge in [0.2, 0.25) is 0 Å². The maximum absolute atomic E-state index is 12.2. The fraction of sp³-hybridized carbons (Fsp3) is 0.300. The molecule has 0 saturated heterocycles. The van der Waals surface area contributed by atoms with E-state index >= 15 is 0 Å².